The second-order valence-corrected chi connectivity index (χ2v) is 3.91. The van der Waals surface area contributed by atoms with E-state index >= 15 is 0 Å². The summed E-state index contributed by atoms with van der Waals surface area (Å²) >= 11 is 0. The molecule has 1 N–H and O–H groups in total. The summed E-state index contributed by atoms with van der Waals surface area (Å²) in [5.74, 6) is -0.318. The fourth-order valence-electron chi connectivity index (χ4n) is 0.910. The van der Waals surface area contributed by atoms with Gasteiger partial charge in [-0.25, -0.2) is 9.79 Å². The maximum atomic E-state index is 11.3. The fraction of sp³-hybridized carbons (Fsp3) is 0.750. The minimum Gasteiger partial charge on any atom is -0.464 e. The Balaban J connectivity index is 3.72. The van der Waals surface area contributed by atoms with Crippen molar-refractivity contribution in [3.05, 3.63) is 0 Å². The van der Waals surface area contributed by atoms with Crippen LogP contribution in [0.1, 0.15) is 40.5 Å². The predicted molar refractivity (Wildman–Crippen MR) is 67.2 cm³/mol. The number of carbonyl (C=O) groups excluding carboxylic acids is 2. The summed E-state index contributed by atoms with van der Waals surface area (Å²) in [6.45, 7) is 7.95. The first-order chi connectivity index (χ1) is 8.01. The molecule has 0 fully saturated rings. The number of hydrogen-bond acceptors (Lipinski definition) is 3. The molecule has 0 bridgehead atoms. The van der Waals surface area contributed by atoms with Crippen LogP contribution in [0.5, 0.6) is 0 Å². The van der Waals surface area contributed by atoms with Crippen LogP contribution in [0.2, 0.25) is 0 Å². The van der Waals surface area contributed by atoms with Crippen molar-refractivity contribution in [2.24, 2.45) is 10.9 Å². The number of ether oxygens (including phenoxy) is 1. The minimum atomic E-state index is -0.385. The van der Waals surface area contributed by atoms with Crippen LogP contribution in [0.3, 0.4) is 0 Å². The van der Waals surface area contributed by atoms with Crippen LogP contribution >= 0.6 is 0 Å². The first-order valence-electron chi connectivity index (χ1n) is 5.99. The molecule has 0 saturated carbocycles. The molecule has 0 aliphatic rings. The van der Waals surface area contributed by atoms with E-state index in [4.69, 9.17) is 4.74 Å². The molecule has 5 nitrogen and oxygen atoms in total. The minimum absolute atomic E-state index is 0.0916. The van der Waals surface area contributed by atoms with Gasteiger partial charge in [0.2, 0.25) is 0 Å². The normalized spacial score (nSPS) is 13.1. The molecule has 0 rings (SSSR count). The van der Waals surface area contributed by atoms with Gasteiger partial charge in [-0.05, 0) is 19.8 Å². The maximum Gasteiger partial charge on any atom is 0.340 e. The van der Waals surface area contributed by atoms with Gasteiger partial charge in [0.05, 0.1) is 12.5 Å². The highest BCUT2D eigenvalue weighted by atomic mass is 16.5. The van der Waals surface area contributed by atoms with E-state index in [0.29, 0.717) is 6.54 Å². The van der Waals surface area contributed by atoms with Crippen LogP contribution in [0.25, 0.3) is 0 Å². The van der Waals surface area contributed by atoms with E-state index in [9.17, 15) is 9.59 Å². The second-order valence-electron chi connectivity index (χ2n) is 3.91. The van der Waals surface area contributed by atoms with Crippen molar-refractivity contribution in [3.8, 4) is 0 Å². The van der Waals surface area contributed by atoms with Crippen LogP contribution in [-0.4, -0.2) is 30.9 Å². The number of aliphatic imine (C=N–C) groups is 1. The fourth-order valence-corrected chi connectivity index (χ4v) is 0.910. The van der Waals surface area contributed by atoms with Crippen LogP contribution < -0.4 is 5.32 Å². The van der Waals surface area contributed by atoms with E-state index in [1.807, 2.05) is 20.8 Å². The molecule has 0 spiro atoms. The topological polar surface area (TPSA) is 67.8 Å². The Morgan fingerprint density at radius 2 is 2.00 bits per heavy atom. The van der Waals surface area contributed by atoms with E-state index < -0.39 is 0 Å². The Bertz CT molecular complexity index is 287. The Morgan fingerprint density at radius 1 is 1.35 bits per heavy atom. The van der Waals surface area contributed by atoms with E-state index in [-0.39, 0.29) is 24.5 Å². The summed E-state index contributed by atoms with van der Waals surface area (Å²) in [5.41, 5.74) is 0.777. The van der Waals surface area contributed by atoms with Gasteiger partial charge >= 0.3 is 12.0 Å². The molecule has 0 aromatic heterocycles. The molecule has 0 heterocycles. The molecule has 1 atom stereocenters. The number of urea groups is 1. The van der Waals surface area contributed by atoms with Crippen molar-refractivity contribution in [1.29, 1.82) is 0 Å². The average molecular weight is 242 g/mol. The molecule has 0 aromatic rings. The number of amides is 2. The van der Waals surface area contributed by atoms with Crippen molar-refractivity contribution < 1.29 is 14.3 Å². The monoisotopic (exact) mass is 242 g/mol. The lowest BCUT2D eigenvalue weighted by Crippen LogP contribution is -2.27. The van der Waals surface area contributed by atoms with Crippen molar-refractivity contribution in [2.45, 2.75) is 40.5 Å². The Labute approximate surface area is 103 Å². The third kappa shape index (κ3) is 7.49. The van der Waals surface area contributed by atoms with Gasteiger partial charge in [-0.3, -0.25) is 4.79 Å². The van der Waals surface area contributed by atoms with Gasteiger partial charge in [0.1, 0.15) is 6.61 Å². The number of carbonyl (C=O) groups is 2. The Kier molecular flexibility index (Phi) is 8.01. The molecule has 1 unspecified atom stereocenters. The summed E-state index contributed by atoms with van der Waals surface area (Å²) in [7, 11) is 0. The smallest absolute Gasteiger partial charge is 0.340 e. The van der Waals surface area contributed by atoms with Gasteiger partial charge in [0, 0.05) is 5.71 Å². The highest BCUT2D eigenvalue weighted by Crippen LogP contribution is 2.02. The highest BCUT2D eigenvalue weighted by Gasteiger charge is 2.11. The molecular weight excluding hydrogens is 220 g/mol. The van der Waals surface area contributed by atoms with E-state index in [0.717, 1.165) is 18.6 Å². The van der Waals surface area contributed by atoms with Gasteiger partial charge in [-0.1, -0.05) is 20.8 Å². The summed E-state index contributed by atoms with van der Waals surface area (Å²) in [6.07, 6.45) is 1.50. The molecule has 0 aliphatic carbocycles. The first-order valence-corrected chi connectivity index (χ1v) is 5.99. The Hall–Kier alpha value is -1.39. The third-order valence-electron chi connectivity index (χ3n) is 2.44. The van der Waals surface area contributed by atoms with Gasteiger partial charge in [-0.2, -0.15) is 0 Å². The second kappa shape index (κ2) is 8.73. The maximum absolute atomic E-state index is 11.3. The lowest BCUT2D eigenvalue weighted by atomic mass is 10.1. The molecule has 0 aromatic carbocycles. The summed E-state index contributed by atoms with van der Waals surface area (Å²) in [5, 5.41) is 2.56. The number of nitrogens with one attached hydrogen (secondary N) is 1. The molecular formula is C12H22N2O3. The summed E-state index contributed by atoms with van der Waals surface area (Å²) in [6, 6.07) is -0.385. The van der Waals surface area contributed by atoms with E-state index in [1.165, 1.54) is 0 Å². The van der Waals surface area contributed by atoms with Gasteiger partial charge < -0.3 is 10.1 Å². The van der Waals surface area contributed by atoms with Crippen molar-refractivity contribution in [1.82, 2.24) is 5.32 Å². The molecule has 0 radical (unpaired) electrons. The SMILES string of the molecule is CC/C(C)=N\C(=O)NCCOC(=O)C(C)CC. The average Bonchev–Trinajstić information content (AvgIpc) is 2.32. The van der Waals surface area contributed by atoms with Crippen molar-refractivity contribution in [3.63, 3.8) is 0 Å². The predicted octanol–water partition coefficient (Wildman–Crippen LogP) is 2.16. The number of esters is 1. The zero-order valence-electron chi connectivity index (χ0n) is 11.1. The van der Waals surface area contributed by atoms with Crippen LogP contribution in [0.15, 0.2) is 4.99 Å². The Morgan fingerprint density at radius 3 is 2.53 bits per heavy atom. The van der Waals surface area contributed by atoms with Gasteiger partial charge in [0.25, 0.3) is 0 Å². The highest BCUT2D eigenvalue weighted by molar-refractivity contribution is 5.93. The molecule has 0 aliphatic heterocycles. The zero-order valence-corrected chi connectivity index (χ0v) is 11.1. The first kappa shape index (κ1) is 15.6. The van der Waals surface area contributed by atoms with Crippen molar-refractivity contribution in [2.75, 3.05) is 13.2 Å². The lowest BCUT2D eigenvalue weighted by Gasteiger charge is -2.09. The molecule has 0 saturated heterocycles. The molecule has 5 heteroatoms. The largest absolute Gasteiger partial charge is 0.464 e. The van der Waals surface area contributed by atoms with Gasteiger partial charge in [-0.15, -0.1) is 0 Å². The standard InChI is InChI=1S/C12H22N2O3/c1-5-9(3)11(15)17-8-7-13-12(16)14-10(4)6-2/h9H,5-8H2,1-4H3,(H,13,16)/b14-10-. The zero-order chi connectivity index (χ0) is 13.3. The number of hydrogen-bond donors (Lipinski definition) is 1. The van der Waals surface area contributed by atoms with E-state index in [1.54, 1.807) is 6.92 Å². The summed E-state index contributed by atoms with van der Waals surface area (Å²) < 4.78 is 4.97. The quantitative estimate of drug-likeness (QED) is 0.441. The molecule has 2 amide bonds. The number of nitrogens with zero attached hydrogens (tertiary/aromatic N) is 1. The number of rotatable bonds is 6. The molecule has 17 heavy (non-hydrogen) atoms. The molecule has 98 valence electrons. The third-order valence-corrected chi connectivity index (χ3v) is 2.44. The van der Waals surface area contributed by atoms with Crippen LogP contribution in [0, 0.1) is 5.92 Å². The van der Waals surface area contributed by atoms with Crippen LogP contribution in [0.4, 0.5) is 4.79 Å². The van der Waals surface area contributed by atoms with Gasteiger partial charge in [0.15, 0.2) is 0 Å². The van der Waals surface area contributed by atoms with Crippen molar-refractivity contribution >= 4 is 17.7 Å². The summed E-state index contributed by atoms with van der Waals surface area (Å²) in [4.78, 5) is 26.3. The van der Waals surface area contributed by atoms with Crippen LogP contribution in [-0.2, 0) is 9.53 Å². The lowest BCUT2D eigenvalue weighted by molar-refractivity contribution is -0.147. The van der Waals surface area contributed by atoms with E-state index in [2.05, 4.69) is 10.3 Å².